The molecule has 0 aliphatic rings. The van der Waals surface area contributed by atoms with E-state index >= 15 is 0 Å². The number of carboxylic acids is 1. The quantitative estimate of drug-likeness (QED) is 0.168. The Morgan fingerprint density at radius 1 is 1.14 bits per heavy atom. The second kappa shape index (κ2) is 11.4. The topological polar surface area (TPSA) is 93.8 Å². The summed E-state index contributed by atoms with van der Waals surface area (Å²) < 4.78 is 9.97. The molecule has 0 bridgehead atoms. The Morgan fingerprint density at radius 3 is 2.42 bits per heavy atom. The SMILES string of the molecule is CC(C)c1nc2ccc(Br)cc2c(=O)n1N=Cc1cc(I)c(OCc2ccc(C(=O)O)cc2)c(I)c1. The summed E-state index contributed by atoms with van der Waals surface area (Å²) in [7, 11) is 0. The third kappa shape index (κ3) is 5.97. The first-order valence-electron chi connectivity index (χ1n) is 10.8. The third-order valence-electron chi connectivity index (χ3n) is 5.28. The first-order chi connectivity index (χ1) is 17.1. The molecule has 0 saturated heterocycles. The van der Waals surface area contributed by atoms with E-state index in [0.29, 0.717) is 23.3 Å². The summed E-state index contributed by atoms with van der Waals surface area (Å²) in [4.78, 5) is 28.9. The van der Waals surface area contributed by atoms with Crippen molar-refractivity contribution in [2.75, 3.05) is 0 Å². The molecule has 184 valence electrons. The number of carbonyl (C=O) groups is 1. The molecule has 0 saturated carbocycles. The lowest BCUT2D eigenvalue weighted by Crippen LogP contribution is -2.23. The molecule has 4 aromatic rings. The van der Waals surface area contributed by atoms with Gasteiger partial charge < -0.3 is 9.84 Å². The highest BCUT2D eigenvalue weighted by molar-refractivity contribution is 14.1. The van der Waals surface area contributed by atoms with Crippen molar-refractivity contribution in [2.45, 2.75) is 26.4 Å². The molecule has 0 fully saturated rings. The van der Waals surface area contributed by atoms with Gasteiger partial charge in [-0.3, -0.25) is 4.79 Å². The van der Waals surface area contributed by atoms with Gasteiger partial charge in [0.1, 0.15) is 18.2 Å². The van der Waals surface area contributed by atoms with E-state index in [4.69, 9.17) is 9.84 Å². The number of carboxylic acid groups (broad SMARTS) is 1. The van der Waals surface area contributed by atoms with E-state index < -0.39 is 5.97 Å². The fraction of sp³-hybridized carbons (Fsp3) is 0.154. The molecule has 3 aromatic carbocycles. The Labute approximate surface area is 243 Å². The average molecular weight is 772 g/mol. The van der Waals surface area contributed by atoms with Gasteiger partial charge in [-0.2, -0.15) is 9.78 Å². The van der Waals surface area contributed by atoms with E-state index in [-0.39, 0.29) is 17.0 Å². The van der Waals surface area contributed by atoms with Crippen molar-refractivity contribution in [3.63, 3.8) is 0 Å². The van der Waals surface area contributed by atoms with Gasteiger partial charge >= 0.3 is 5.97 Å². The molecule has 0 atom stereocenters. The number of aromatic nitrogens is 2. The maximum absolute atomic E-state index is 13.2. The van der Waals surface area contributed by atoms with Crippen molar-refractivity contribution >= 4 is 84.2 Å². The van der Waals surface area contributed by atoms with E-state index in [9.17, 15) is 9.59 Å². The number of nitrogens with zero attached hydrogens (tertiary/aromatic N) is 3. The number of benzene rings is 3. The second-order valence-corrected chi connectivity index (χ2v) is 11.5. The van der Waals surface area contributed by atoms with Gasteiger partial charge in [-0.05, 0) is 98.8 Å². The van der Waals surface area contributed by atoms with Crippen LogP contribution in [0.5, 0.6) is 5.75 Å². The largest absolute Gasteiger partial charge is 0.487 e. The van der Waals surface area contributed by atoms with Crippen LogP contribution in [0.25, 0.3) is 10.9 Å². The van der Waals surface area contributed by atoms with Gasteiger partial charge in [0.05, 0.1) is 29.8 Å². The van der Waals surface area contributed by atoms with Crippen LogP contribution in [-0.2, 0) is 6.61 Å². The van der Waals surface area contributed by atoms with Crippen molar-refractivity contribution < 1.29 is 14.6 Å². The highest BCUT2D eigenvalue weighted by atomic mass is 127. The minimum absolute atomic E-state index is 0.00325. The zero-order valence-corrected chi connectivity index (χ0v) is 25.1. The van der Waals surface area contributed by atoms with E-state index in [1.165, 1.54) is 4.68 Å². The monoisotopic (exact) mass is 771 g/mol. The van der Waals surface area contributed by atoms with Crippen molar-refractivity contribution in [1.29, 1.82) is 0 Å². The smallest absolute Gasteiger partial charge is 0.335 e. The summed E-state index contributed by atoms with van der Waals surface area (Å²) in [5.41, 5.74) is 2.34. The van der Waals surface area contributed by atoms with Crippen LogP contribution in [0.1, 0.15) is 47.1 Å². The maximum Gasteiger partial charge on any atom is 0.335 e. The normalized spacial score (nSPS) is 11.5. The molecule has 0 aliphatic carbocycles. The predicted molar refractivity (Wildman–Crippen MR) is 160 cm³/mol. The lowest BCUT2D eigenvalue weighted by Gasteiger charge is -2.13. The minimum Gasteiger partial charge on any atom is -0.487 e. The molecular formula is C26H20BrI2N3O4. The Bertz CT molecular complexity index is 1530. The van der Waals surface area contributed by atoms with Crippen LogP contribution in [0.4, 0.5) is 0 Å². The highest BCUT2D eigenvalue weighted by Gasteiger charge is 2.14. The minimum atomic E-state index is -0.959. The van der Waals surface area contributed by atoms with E-state index in [1.807, 2.05) is 38.1 Å². The molecule has 4 rings (SSSR count). The van der Waals surface area contributed by atoms with Gasteiger partial charge in [0.15, 0.2) is 0 Å². The van der Waals surface area contributed by atoms with Gasteiger partial charge in [-0.25, -0.2) is 9.78 Å². The Morgan fingerprint density at radius 2 is 1.81 bits per heavy atom. The second-order valence-electron chi connectivity index (χ2n) is 8.25. The van der Waals surface area contributed by atoms with Gasteiger partial charge in [0.25, 0.3) is 5.56 Å². The molecule has 10 heteroatoms. The number of rotatable bonds is 7. The standard InChI is InChI=1S/C26H20BrI2N3O4/c1-14(2)24-31-22-8-7-18(27)11-19(22)25(33)32(24)30-12-16-9-20(28)23(21(29)10-16)36-13-15-3-5-17(6-4-15)26(34)35/h3-12,14H,13H2,1-2H3,(H,34,35). The molecule has 1 heterocycles. The average Bonchev–Trinajstić information content (AvgIpc) is 2.83. The van der Waals surface area contributed by atoms with Crippen LogP contribution in [0.15, 0.2) is 69.0 Å². The molecule has 36 heavy (non-hydrogen) atoms. The highest BCUT2D eigenvalue weighted by Crippen LogP contribution is 2.29. The Hall–Kier alpha value is -2.32. The lowest BCUT2D eigenvalue weighted by atomic mass is 10.1. The van der Waals surface area contributed by atoms with E-state index in [1.54, 1.807) is 36.5 Å². The third-order valence-corrected chi connectivity index (χ3v) is 7.37. The van der Waals surface area contributed by atoms with Crippen LogP contribution in [0.3, 0.4) is 0 Å². The molecule has 1 N–H and O–H groups in total. The molecule has 0 aliphatic heterocycles. The summed E-state index contributed by atoms with van der Waals surface area (Å²) in [6, 6.07) is 15.9. The fourth-order valence-electron chi connectivity index (χ4n) is 3.47. The Kier molecular flexibility index (Phi) is 8.45. The number of fused-ring (bicyclic) bond motifs is 1. The number of ether oxygens (including phenoxy) is 1. The first kappa shape index (κ1) is 26.7. The maximum atomic E-state index is 13.2. The van der Waals surface area contributed by atoms with Crippen molar-refractivity contribution in [3.05, 3.63) is 99.1 Å². The van der Waals surface area contributed by atoms with E-state index in [0.717, 1.165) is 28.5 Å². The molecule has 1 aromatic heterocycles. The summed E-state index contributed by atoms with van der Waals surface area (Å²) in [6.45, 7) is 4.27. The molecule has 7 nitrogen and oxygen atoms in total. The molecular weight excluding hydrogens is 752 g/mol. The molecule has 0 radical (unpaired) electrons. The van der Waals surface area contributed by atoms with Gasteiger partial charge in [-0.1, -0.05) is 41.9 Å². The van der Waals surface area contributed by atoms with Gasteiger partial charge in [0.2, 0.25) is 0 Å². The summed E-state index contributed by atoms with van der Waals surface area (Å²) in [6.07, 6.45) is 1.65. The molecule has 0 unspecified atom stereocenters. The number of aromatic carboxylic acids is 1. The van der Waals surface area contributed by atoms with Crippen LogP contribution < -0.4 is 10.3 Å². The van der Waals surface area contributed by atoms with Crippen molar-refractivity contribution in [3.8, 4) is 5.75 Å². The Balaban J connectivity index is 1.61. The summed E-state index contributed by atoms with van der Waals surface area (Å²) in [5, 5.41) is 14.1. The number of hydrogen-bond acceptors (Lipinski definition) is 5. The van der Waals surface area contributed by atoms with E-state index in [2.05, 4.69) is 71.2 Å². The lowest BCUT2D eigenvalue weighted by molar-refractivity contribution is 0.0697. The van der Waals surface area contributed by atoms with Crippen molar-refractivity contribution in [1.82, 2.24) is 9.66 Å². The van der Waals surface area contributed by atoms with Crippen LogP contribution in [0.2, 0.25) is 0 Å². The number of halogens is 3. The number of hydrogen-bond donors (Lipinski definition) is 1. The predicted octanol–water partition coefficient (Wildman–Crippen LogP) is 6.65. The zero-order valence-electron chi connectivity index (χ0n) is 19.2. The zero-order chi connectivity index (χ0) is 26.0. The molecule has 0 amide bonds. The van der Waals surface area contributed by atoms with Gasteiger partial charge in [0, 0.05) is 10.4 Å². The summed E-state index contributed by atoms with van der Waals surface area (Å²) in [5.74, 6) is 0.361. The van der Waals surface area contributed by atoms with Crippen LogP contribution in [0, 0.1) is 7.14 Å². The van der Waals surface area contributed by atoms with Crippen LogP contribution in [-0.4, -0.2) is 27.0 Å². The van der Waals surface area contributed by atoms with Crippen molar-refractivity contribution in [2.24, 2.45) is 5.10 Å². The van der Waals surface area contributed by atoms with Crippen LogP contribution >= 0.6 is 61.1 Å². The summed E-state index contributed by atoms with van der Waals surface area (Å²) >= 11 is 7.83. The van der Waals surface area contributed by atoms with Gasteiger partial charge in [-0.15, -0.1) is 0 Å². The fourth-order valence-corrected chi connectivity index (χ4v) is 5.96. The first-order valence-corrected chi connectivity index (χ1v) is 13.8. The molecule has 0 spiro atoms.